The number of rotatable bonds is 6. The van der Waals surface area contributed by atoms with Gasteiger partial charge in [-0.15, -0.1) is 0 Å². The van der Waals surface area contributed by atoms with Crippen LogP contribution in [0, 0.1) is 17.8 Å². The summed E-state index contributed by atoms with van der Waals surface area (Å²) in [5.74, 6) is -2.40. The second kappa shape index (κ2) is 7.29. The molecule has 3 unspecified atom stereocenters. The van der Waals surface area contributed by atoms with Gasteiger partial charge in [-0.3, -0.25) is 4.79 Å². The van der Waals surface area contributed by atoms with Gasteiger partial charge < -0.3 is 10.4 Å². The lowest BCUT2D eigenvalue weighted by Gasteiger charge is -2.32. The molecule has 3 nitrogen and oxygen atoms in total. The highest BCUT2D eigenvalue weighted by Crippen LogP contribution is 2.37. The molecule has 0 spiro atoms. The van der Waals surface area contributed by atoms with Crippen LogP contribution >= 0.6 is 0 Å². The van der Waals surface area contributed by atoms with Crippen LogP contribution in [0.4, 0.5) is 13.2 Å². The van der Waals surface area contributed by atoms with Crippen LogP contribution in [0.3, 0.4) is 0 Å². The van der Waals surface area contributed by atoms with Gasteiger partial charge in [0.25, 0.3) is 0 Å². The molecule has 1 aliphatic carbocycles. The highest BCUT2D eigenvalue weighted by atomic mass is 19.4. The van der Waals surface area contributed by atoms with Gasteiger partial charge in [0.05, 0.1) is 11.8 Å². The van der Waals surface area contributed by atoms with Gasteiger partial charge in [0, 0.05) is 12.6 Å². The molecule has 1 fully saturated rings. The van der Waals surface area contributed by atoms with Gasteiger partial charge in [0.15, 0.2) is 0 Å². The second-order valence-electron chi connectivity index (χ2n) is 6.18. The summed E-state index contributed by atoms with van der Waals surface area (Å²) in [5.41, 5.74) is 0. The molecule has 0 radical (unpaired) electrons. The summed E-state index contributed by atoms with van der Waals surface area (Å²) in [6, 6.07) is -0.218. The number of halogens is 3. The number of aliphatic carboxylic acids is 1. The second-order valence-corrected chi connectivity index (χ2v) is 6.18. The first-order chi connectivity index (χ1) is 9.20. The number of hydrogen-bond acceptors (Lipinski definition) is 2. The Hall–Kier alpha value is -0.780. The van der Waals surface area contributed by atoms with Crippen LogP contribution in [0.15, 0.2) is 0 Å². The molecule has 0 heterocycles. The van der Waals surface area contributed by atoms with Crippen LogP contribution in [0.25, 0.3) is 0 Å². The van der Waals surface area contributed by atoms with Crippen molar-refractivity contribution < 1.29 is 23.1 Å². The van der Waals surface area contributed by atoms with E-state index in [0.29, 0.717) is 19.3 Å². The van der Waals surface area contributed by atoms with E-state index in [-0.39, 0.29) is 31.3 Å². The van der Waals surface area contributed by atoms with E-state index in [1.165, 1.54) is 0 Å². The molecule has 0 amide bonds. The standard InChI is InChI=1S/C14H24F3NO2/c1-9(2)6-10(13(19)20)8-18-12-5-3-4-11(7-12)14(15,16)17/h9-12,18H,3-8H2,1-2H3,(H,19,20). The normalized spacial score (nSPS) is 25.7. The first-order valence-corrected chi connectivity index (χ1v) is 7.23. The van der Waals surface area contributed by atoms with Crippen LogP contribution in [0.1, 0.15) is 46.0 Å². The van der Waals surface area contributed by atoms with E-state index in [0.717, 1.165) is 0 Å². The number of carbonyl (C=O) groups is 1. The monoisotopic (exact) mass is 295 g/mol. The molecule has 6 heteroatoms. The third-order valence-corrected chi connectivity index (χ3v) is 3.90. The Morgan fingerprint density at radius 3 is 2.50 bits per heavy atom. The third kappa shape index (κ3) is 5.69. The predicted octanol–water partition coefficient (Wildman–Crippen LogP) is 3.44. The van der Waals surface area contributed by atoms with E-state index in [1.54, 1.807) is 0 Å². The molecule has 1 rings (SSSR count). The fourth-order valence-electron chi connectivity index (χ4n) is 2.82. The van der Waals surface area contributed by atoms with E-state index < -0.39 is 24.0 Å². The van der Waals surface area contributed by atoms with Crippen molar-refractivity contribution in [1.82, 2.24) is 5.32 Å². The van der Waals surface area contributed by atoms with Crippen molar-refractivity contribution >= 4 is 5.97 Å². The van der Waals surface area contributed by atoms with Crippen LogP contribution < -0.4 is 5.32 Å². The maximum absolute atomic E-state index is 12.7. The van der Waals surface area contributed by atoms with Crippen molar-refractivity contribution in [2.45, 2.75) is 58.2 Å². The Bertz CT molecular complexity index is 318. The first-order valence-electron chi connectivity index (χ1n) is 7.23. The van der Waals surface area contributed by atoms with Crippen molar-refractivity contribution in [1.29, 1.82) is 0 Å². The molecule has 0 bridgehead atoms. The fraction of sp³-hybridized carbons (Fsp3) is 0.929. The number of nitrogens with one attached hydrogen (secondary N) is 1. The first kappa shape index (κ1) is 17.3. The minimum atomic E-state index is -4.13. The van der Waals surface area contributed by atoms with Crippen molar-refractivity contribution in [3.05, 3.63) is 0 Å². The Morgan fingerprint density at radius 1 is 1.35 bits per heavy atom. The summed E-state index contributed by atoms with van der Waals surface area (Å²) in [4.78, 5) is 11.1. The minimum absolute atomic E-state index is 0.0670. The number of hydrogen-bond donors (Lipinski definition) is 2. The largest absolute Gasteiger partial charge is 0.481 e. The van der Waals surface area contributed by atoms with Gasteiger partial charge in [-0.2, -0.15) is 13.2 Å². The maximum Gasteiger partial charge on any atom is 0.391 e. The lowest BCUT2D eigenvalue weighted by molar-refractivity contribution is -0.183. The molecule has 0 aromatic rings. The summed E-state index contributed by atoms with van der Waals surface area (Å²) in [5, 5.41) is 12.1. The van der Waals surface area contributed by atoms with Gasteiger partial charge >= 0.3 is 12.1 Å². The highest BCUT2D eigenvalue weighted by molar-refractivity contribution is 5.70. The van der Waals surface area contributed by atoms with Crippen molar-refractivity contribution in [3.63, 3.8) is 0 Å². The smallest absolute Gasteiger partial charge is 0.391 e. The molecule has 2 N–H and O–H groups in total. The lowest BCUT2D eigenvalue weighted by Crippen LogP contribution is -2.42. The predicted molar refractivity (Wildman–Crippen MR) is 70.4 cm³/mol. The van der Waals surface area contributed by atoms with Gasteiger partial charge in [-0.1, -0.05) is 20.3 Å². The van der Waals surface area contributed by atoms with Gasteiger partial charge in [0.2, 0.25) is 0 Å². The average Bonchev–Trinajstić information content (AvgIpc) is 2.33. The average molecular weight is 295 g/mol. The fourth-order valence-corrected chi connectivity index (χ4v) is 2.82. The molecule has 0 saturated heterocycles. The van der Waals surface area contributed by atoms with Crippen LogP contribution in [0.2, 0.25) is 0 Å². The highest BCUT2D eigenvalue weighted by Gasteiger charge is 2.42. The van der Waals surface area contributed by atoms with Crippen molar-refractivity contribution in [2.24, 2.45) is 17.8 Å². The van der Waals surface area contributed by atoms with E-state index in [4.69, 9.17) is 5.11 Å². The zero-order valence-corrected chi connectivity index (χ0v) is 12.0. The minimum Gasteiger partial charge on any atom is -0.481 e. The van der Waals surface area contributed by atoms with E-state index in [2.05, 4.69) is 5.32 Å². The Balaban J connectivity index is 2.45. The zero-order valence-electron chi connectivity index (χ0n) is 12.0. The van der Waals surface area contributed by atoms with Crippen LogP contribution in [0.5, 0.6) is 0 Å². The summed E-state index contributed by atoms with van der Waals surface area (Å²) in [6.45, 7) is 4.13. The molecule has 20 heavy (non-hydrogen) atoms. The number of carboxylic acid groups (broad SMARTS) is 1. The zero-order chi connectivity index (χ0) is 15.3. The summed E-state index contributed by atoms with van der Waals surface area (Å²) < 4.78 is 38.1. The molecule has 0 aliphatic heterocycles. The van der Waals surface area contributed by atoms with Gasteiger partial charge in [-0.05, 0) is 31.6 Å². The molecule has 118 valence electrons. The van der Waals surface area contributed by atoms with E-state index >= 15 is 0 Å². The topological polar surface area (TPSA) is 49.3 Å². The van der Waals surface area contributed by atoms with Crippen LogP contribution in [-0.2, 0) is 4.79 Å². The summed E-state index contributed by atoms with van der Waals surface area (Å²) in [6.07, 6.45) is -2.10. The molecular formula is C14H24F3NO2. The lowest BCUT2D eigenvalue weighted by atomic mass is 9.85. The van der Waals surface area contributed by atoms with Crippen LogP contribution in [-0.4, -0.2) is 29.8 Å². The quantitative estimate of drug-likeness (QED) is 0.789. The molecule has 1 saturated carbocycles. The van der Waals surface area contributed by atoms with Crippen molar-refractivity contribution in [3.8, 4) is 0 Å². The SMILES string of the molecule is CC(C)CC(CNC1CCCC(C(F)(F)F)C1)C(=O)O. The van der Waals surface area contributed by atoms with E-state index in [1.807, 2.05) is 13.8 Å². The molecule has 3 atom stereocenters. The Morgan fingerprint density at radius 2 is 2.00 bits per heavy atom. The molecule has 0 aromatic heterocycles. The van der Waals surface area contributed by atoms with Gasteiger partial charge in [0.1, 0.15) is 0 Å². The van der Waals surface area contributed by atoms with Crippen molar-refractivity contribution in [2.75, 3.05) is 6.54 Å². The third-order valence-electron chi connectivity index (χ3n) is 3.90. The molecular weight excluding hydrogens is 271 g/mol. The Kier molecular flexibility index (Phi) is 6.30. The van der Waals surface area contributed by atoms with E-state index in [9.17, 15) is 18.0 Å². The van der Waals surface area contributed by atoms with Gasteiger partial charge in [-0.25, -0.2) is 0 Å². The number of carboxylic acids is 1. The molecule has 1 aliphatic rings. The Labute approximate surface area is 117 Å². The summed E-state index contributed by atoms with van der Waals surface area (Å²) in [7, 11) is 0. The number of alkyl halides is 3. The molecule has 0 aromatic carbocycles. The maximum atomic E-state index is 12.7. The summed E-state index contributed by atoms with van der Waals surface area (Å²) >= 11 is 0.